The minimum absolute atomic E-state index is 0.198. The van der Waals surface area contributed by atoms with E-state index in [0.717, 1.165) is 16.8 Å². The van der Waals surface area contributed by atoms with Gasteiger partial charge in [0.05, 0.1) is 30.1 Å². The van der Waals surface area contributed by atoms with Crippen LogP contribution in [0, 0.1) is 11.3 Å². The molecule has 30 heavy (non-hydrogen) atoms. The average molecular weight is 393 g/mol. The Labute approximate surface area is 171 Å². The quantitative estimate of drug-likeness (QED) is 0.499. The van der Waals surface area contributed by atoms with E-state index >= 15 is 0 Å². The zero-order valence-corrected chi connectivity index (χ0v) is 15.7. The Bertz CT molecular complexity index is 1390. The Hall–Kier alpha value is -4.44. The zero-order chi connectivity index (χ0) is 20.5. The van der Waals surface area contributed by atoms with Gasteiger partial charge >= 0.3 is 0 Å². The highest BCUT2D eigenvalue weighted by Crippen LogP contribution is 2.22. The van der Waals surface area contributed by atoms with Crippen LogP contribution in [0.2, 0.25) is 0 Å². The van der Waals surface area contributed by atoms with Crippen LogP contribution < -0.4 is 5.32 Å². The number of carbonyl (C=O) groups is 1. The highest BCUT2D eigenvalue weighted by atomic mass is 16.3. The number of hydrogen-bond acceptors (Lipinski definition) is 5. The summed E-state index contributed by atoms with van der Waals surface area (Å²) in [6.45, 7) is 0.198. The molecule has 3 aromatic heterocycles. The maximum Gasteiger partial charge on any atom is 0.251 e. The predicted molar refractivity (Wildman–Crippen MR) is 111 cm³/mol. The Morgan fingerprint density at radius 2 is 1.97 bits per heavy atom. The first kappa shape index (κ1) is 17.6. The molecule has 1 amide bonds. The van der Waals surface area contributed by atoms with E-state index in [9.17, 15) is 4.79 Å². The molecular weight excluding hydrogens is 378 g/mol. The van der Waals surface area contributed by atoms with Crippen LogP contribution in [-0.4, -0.2) is 20.3 Å². The summed E-state index contributed by atoms with van der Waals surface area (Å²) < 4.78 is 7.53. The van der Waals surface area contributed by atoms with Gasteiger partial charge in [-0.15, -0.1) is 0 Å². The van der Waals surface area contributed by atoms with Crippen LogP contribution in [0.3, 0.4) is 0 Å². The summed E-state index contributed by atoms with van der Waals surface area (Å²) in [6, 6.07) is 20.3. The van der Waals surface area contributed by atoms with Crippen molar-refractivity contribution in [2.75, 3.05) is 0 Å². The summed E-state index contributed by atoms with van der Waals surface area (Å²) in [5.41, 5.74) is 5.03. The van der Waals surface area contributed by atoms with Crippen molar-refractivity contribution in [2.45, 2.75) is 6.54 Å². The van der Waals surface area contributed by atoms with E-state index in [0.29, 0.717) is 28.2 Å². The van der Waals surface area contributed by atoms with Gasteiger partial charge < -0.3 is 9.73 Å². The van der Waals surface area contributed by atoms with Gasteiger partial charge in [-0.05, 0) is 36.4 Å². The third-order valence-corrected chi connectivity index (χ3v) is 4.82. The lowest BCUT2D eigenvalue weighted by atomic mass is 10.1. The van der Waals surface area contributed by atoms with Crippen molar-refractivity contribution >= 4 is 22.7 Å². The van der Waals surface area contributed by atoms with E-state index in [-0.39, 0.29) is 12.5 Å². The third kappa shape index (κ3) is 3.16. The van der Waals surface area contributed by atoms with Crippen LogP contribution in [0.25, 0.3) is 28.0 Å². The van der Waals surface area contributed by atoms with Gasteiger partial charge in [0.1, 0.15) is 11.2 Å². The van der Waals surface area contributed by atoms with Crippen LogP contribution in [0.1, 0.15) is 21.8 Å². The predicted octanol–water partition coefficient (Wildman–Crippen LogP) is 3.94. The average Bonchev–Trinajstić information content (AvgIpc) is 3.40. The standard InChI is InChI=1S/C23H15N5O2/c24-12-15-5-7-16(8-6-15)19-13-25-21-11-17(9-10-28(19)21)23(29)26-14-22-27-18-3-1-2-4-20(18)30-22/h1-11,13H,14H2,(H,26,29). The fraction of sp³-hybridized carbons (Fsp3) is 0.0435. The summed E-state index contributed by atoms with van der Waals surface area (Å²) >= 11 is 0. The van der Waals surface area contributed by atoms with E-state index in [1.165, 1.54) is 0 Å². The van der Waals surface area contributed by atoms with Gasteiger partial charge in [0.15, 0.2) is 5.58 Å². The summed E-state index contributed by atoms with van der Waals surface area (Å²) in [4.78, 5) is 21.4. The summed E-state index contributed by atoms with van der Waals surface area (Å²) in [5.74, 6) is 0.220. The number of nitrogens with zero attached hydrogens (tertiary/aromatic N) is 4. The monoisotopic (exact) mass is 393 g/mol. The number of aromatic nitrogens is 3. The second-order valence-corrected chi connectivity index (χ2v) is 6.73. The molecule has 0 radical (unpaired) electrons. The summed E-state index contributed by atoms with van der Waals surface area (Å²) in [7, 11) is 0. The highest BCUT2D eigenvalue weighted by molar-refractivity contribution is 5.95. The molecule has 3 heterocycles. The van der Waals surface area contributed by atoms with Gasteiger partial charge in [-0.3, -0.25) is 9.20 Å². The fourth-order valence-electron chi connectivity index (χ4n) is 3.30. The molecule has 7 heteroatoms. The second kappa shape index (κ2) is 7.18. The largest absolute Gasteiger partial charge is 0.439 e. The zero-order valence-electron chi connectivity index (χ0n) is 15.7. The van der Waals surface area contributed by atoms with Crippen LogP contribution >= 0.6 is 0 Å². The molecule has 1 N–H and O–H groups in total. The molecule has 144 valence electrons. The minimum atomic E-state index is -0.234. The molecule has 0 fully saturated rings. The van der Waals surface area contributed by atoms with Gasteiger partial charge in [-0.1, -0.05) is 24.3 Å². The number of oxazole rings is 1. The smallest absolute Gasteiger partial charge is 0.251 e. The van der Waals surface area contributed by atoms with Crippen molar-refractivity contribution < 1.29 is 9.21 Å². The molecule has 5 rings (SSSR count). The molecule has 0 aliphatic carbocycles. The topological polar surface area (TPSA) is 96.2 Å². The van der Waals surface area contributed by atoms with E-state index in [4.69, 9.17) is 9.68 Å². The number of imidazole rings is 1. The van der Waals surface area contributed by atoms with E-state index < -0.39 is 0 Å². The van der Waals surface area contributed by atoms with Crippen molar-refractivity contribution in [3.8, 4) is 17.3 Å². The molecule has 0 aliphatic rings. The number of benzene rings is 2. The summed E-state index contributed by atoms with van der Waals surface area (Å²) in [6.07, 6.45) is 3.56. The molecule has 0 saturated heterocycles. The lowest BCUT2D eigenvalue weighted by molar-refractivity contribution is 0.0947. The second-order valence-electron chi connectivity index (χ2n) is 6.73. The van der Waals surface area contributed by atoms with Crippen molar-refractivity contribution in [2.24, 2.45) is 0 Å². The number of rotatable bonds is 4. The van der Waals surface area contributed by atoms with Gasteiger partial charge in [0.2, 0.25) is 5.89 Å². The first-order valence-electron chi connectivity index (χ1n) is 9.31. The molecule has 2 aromatic carbocycles. The Morgan fingerprint density at radius 1 is 1.13 bits per heavy atom. The Kier molecular flexibility index (Phi) is 4.23. The molecule has 0 saturated carbocycles. The number of amides is 1. The fourth-order valence-corrected chi connectivity index (χ4v) is 3.30. The van der Waals surface area contributed by atoms with E-state index in [2.05, 4.69) is 21.4 Å². The van der Waals surface area contributed by atoms with Crippen LogP contribution in [-0.2, 0) is 6.54 Å². The third-order valence-electron chi connectivity index (χ3n) is 4.82. The van der Waals surface area contributed by atoms with Crippen molar-refractivity contribution in [3.05, 3.63) is 90.1 Å². The number of nitrogens with one attached hydrogen (secondary N) is 1. The Morgan fingerprint density at radius 3 is 2.77 bits per heavy atom. The lowest BCUT2D eigenvalue weighted by Gasteiger charge is -2.05. The van der Waals surface area contributed by atoms with Crippen LogP contribution in [0.5, 0.6) is 0 Å². The molecule has 0 spiro atoms. The summed E-state index contributed by atoms with van der Waals surface area (Å²) in [5, 5.41) is 11.8. The molecule has 5 aromatic rings. The van der Waals surface area contributed by atoms with Gasteiger partial charge in [0, 0.05) is 17.3 Å². The number of nitriles is 1. The normalized spacial score (nSPS) is 10.9. The Balaban J connectivity index is 1.35. The van der Waals surface area contributed by atoms with Crippen molar-refractivity contribution in [1.29, 1.82) is 5.26 Å². The van der Waals surface area contributed by atoms with Crippen molar-refractivity contribution in [1.82, 2.24) is 19.7 Å². The molecule has 0 atom stereocenters. The molecule has 0 bridgehead atoms. The minimum Gasteiger partial charge on any atom is -0.439 e. The number of carbonyl (C=O) groups excluding carboxylic acids is 1. The number of para-hydroxylation sites is 2. The van der Waals surface area contributed by atoms with E-state index in [1.807, 2.05) is 47.0 Å². The first-order valence-corrected chi connectivity index (χ1v) is 9.31. The lowest BCUT2D eigenvalue weighted by Crippen LogP contribution is -2.23. The molecule has 0 aliphatic heterocycles. The SMILES string of the molecule is N#Cc1ccc(-c2cnc3cc(C(=O)NCc4nc5ccccc5o4)ccn23)cc1. The molecule has 7 nitrogen and oxygen atoms in total. The first-order chi connectivity index (χ1) is 14.7. The maximum absolute atomic E-state index is 12.6. The van der Waals surface area contributed by atoms with E-state index in [1.54, 1.807) is 30.5 Å². The van der Waals surface area contributed by atoms with Gasteiger partial charge in [-0.2, -0.15) is 5.26 Å². The van der Waals surface area contributed by atoms with Gasteiger partial charge in [-0.25, -0.2) is 9.97 Å². The number of hydrogen-bond donors (Lipinski definition) is 1. The van der Waals surface area contributed by atoms with Crippen LogP contribution in [0.15, 0.2) is 77.5 Å². The molecule has 0 unspecified atom stereocenters. The molecular formula is C23H15N5O2. The number of fused-ring (bicyclic) bond motifs is 2. The van der Waals surface area contributed by atoms with Crippen LogP contribution in [0.4, 0.5) is 0 Å². The van der Waals surface area contributed by atoms with Gasteiger partial charge in [0.25, 0.3) is 5.91 Å². The van der Waals surface area contributed by atoms with Crippen molar-refractivity contribution in [3.63, 3.8) is 0 Å². The number of pyridine rings is 1. The highest BCUT2D eigenvalue weighted by Gasteiger charge is 2.12. The maximum atomic E-state index is 12.6.